The van der Waals surface area contributed by atoms with Gasteiger partial charge in [-0.2, -0.15) is 0 Å². The minimum Gasteiger partial charge on any atom is -0.364 e. The highest BCUT2D eigenvalue weighted by atomic mass is 16.1. The third-order valence-corrected chi connectivity index (χ3v) is 2.42. The summed E-state index contributed by atoms with van der Waals surface area (Å²) in [6.07, 6.45) is 19.3. The van der Waals surface area contributed by atoms with Crippen LogP contribution in [0.1, 0.15) is 6.42 Å². The lowest BCUT2D eigenvalue weighted by molar-refractivity contribution is -0.104. The summed E-state index contributed by atoms with van der Waals surface area (Å²) in [4.78, 5) is 10.7. The van der Waals surface area contributed by atoms with Crippen LogP contribution in [0.15, 0.2) is 71.7 Å². The Balaban J connectivity index is 2.04. The smallest absolute Gasteiger partial charge is 0.150 e. The molecule has 0 bridgehead atoms. The van der Waals surface area contributed by atoms with Gasteiger partial charge in [-0.15, -0.1) is 0 Å². The molecule has 0 fully saturated rings. The first-order chi connectivity index (χ1) is 7.90. The van der Waals surface area contributed by atoms with Gasteiger partial charge in [-0.1, -0.05) is 42.5 Å². The number of aldehydes is 1. The fraction of sp³-hybridized carbons (Fsp3) is 0.0714. The van der Waals surface area contributed by atoms with E-state index in [2.05, 4.69) is 11.4 Å². The van der Waals surface area contributed by atoms with Crippen LogP contribution in [-0.4, -0.2) is 6.29 Å². The molecule has 2 aliphatic carbocycles. The van der Waals surface area contributed by atoms with Gasteiger partial charge in [0, 0.05) is 29.5 Å². The Kier molecular flexibility index (Phi) is 3.34. The summed E-state index contributed by atoms with van der Waals surface area (Å²) >= 11 is 0. The molecule has 0 amide bonds. The van der Waals surface area contributed by atoms with Crippen LogP contribution in [0.3, 0.4) is 0 Å². The molecule has 2 nitrogen and oxygen atoms in total. The summed E-state index contributed by atoms with van der Waals surface area (Å²) in [5.41, 5.74) is 2.75. The molecule has 0 aromatic heterocycles. The molecule has 2 rings (SSSR count). The Morgan fingerprint density at radius 1 is 1.12 bits per heavy atom. The van der Waals surface area contributed by atoms with Crippen LogP contribution in [0.4, 0.5) is 0 Å². The first-order valence-corrected chi connectivity index (χ1v) is 5.23. The van der Waals surface area contributed by atoms with E-state index in [9.17, 15) is 4.79 Å². The van der Waals surface area contributed by atoms with Crippen molar-refractivity contribution in [3.63, 3.8) is 0 Å². The second-order valence-electron chi connectivity index (χ2n) is 3.55. The number of allylic oxidation sites excluding steroid dienone is 10. The van der Waals surface area contributed by atoms with Crippen molar-refractivity contribution in [1.29, 1.82) is 0 Å². The molecule has 2 heteroatoms. The van der Waals surface area contributed by atoms with Crippen LogP contribution in [0.25, 0.3) is 0 Å². The predicted octanol–water partition coefficient (Wildman–Crippen LogP) is 2.56. The maximum atomic E-state index is 10.7. The Morgan fingerprint density at radius 3 is 2.94 bits per heavy atom. The molecule has 0 saturated carbocycles. The van der Waals surface area contributed by atoms with E-state index in [0.717, 1.165) is 24.0 Å². The van der Waals surface area contributed by atoms with E-state index in [1.54, 1.807) is 0 Å². The van der Waals surface area contributed by atoms with Gasteiger partial charge in [0.05, 0.1) is 0 Å². The molecule has 2 aliphatic rings. The van der Waals surface area contributed by atoms with Gasteiger partial charge in [0.2, 0.25) is 0 Å². The lowest BCUT2D eigenvalue weighted by atomic mass is 10.2. The first kappa shape index (κ1) is 10.4. The van der Waals surface area contributed by atoms with Crippen LogP contribution < -0.4 is 5.32 Å². The van der Waals surface area contributed by atoms with Crippen LogP contribution in [0, 0.1) is 0 Å². The molecule has 0 aromatic rings. The van der Waals surface area contributed by atoms with Gasteiger partial charge in [-0.05, 0) is 6.08 Å². The monoisotopic (exact) mass is 211 g/mol. The minimum atomic E-state index is 0.716. The SMILES string of the molecule is O=CC1=CC=C/C1=C/NC1=CC=CC=CC1. The number of hydrogen-bond donors (Lipinski definition) is 1. The van der Waals surface area contributed by atoms with Gasteiger partial charge >= 0.3 is 0 Å². The van der Waals surface area contributed by atoms with Crippen molar-refractivity contribution in [3.8, 4) is 0 Å². The van der Waals surface area contributed by atoms with E-state index >= 15 is 0 Å². The number of carbonyl (C=O) groups is 1. The maximum Gasteiger partial charge on any atom is 0.150 e. The van der Waals surface area contributed by atoms with E-state index < -0.39 is 0 Å². The third kappa shape index (κ3) is 2.48. The lowest BCUT2D eigenvalue weighted by Crippen LogP contribution is -2.05. The van der Waals surface area contributed by atoms with Crippen LogP contribution in [0.2, 0.25) is 0 Å². The topological polar surface area (TPSA) is 29.1 Å². The van der Waals surface area contributed by atoms with Gasteiger partial charge in [0.15, 0.2) is 6.29 Å². The minimum absolute atomic E-state index is 0.716. The van der Waals surface area contributed by atoms with Crippen molar-refractivity contribution < 1.29 is 4.79 Å². The number of carbonyl (C=O) groups excluding carboxylic acids is 1. The summed E-state index contributed by atoms with van der Waals surface area (Å²) in [5.74, 6) is 0. The molecule has 0 atom stereocenters. The standard InChI is InChI=1S/C14H13NO/c16-11-13-7-5-6-12(13)10-15-14-8-3-1-2-4-9-14/h1-8,10-11,15H,9H2/b12-10-. The largest absolute Gasteiger partial charge is 0.364 e. The number of rotatable bonds is 3. The molecule has 0 unspecified atom stereocenters. The zero-order valence-electron chi connectivity index (χ0n) is 8.89. The molecule has 0 spiro atoms. The van der Waals surface area contributed by atoms with Gasteiger partial charge in [0.1, 0.15) is 0 Å². The van der Waals surface area contributed by atoms with Crippen molar-refractivity contribution >= 4 is 6.29 Å². The van der Waals surface area contributed by atoms with E-state index in [1.807, 2.05) is 48.7 Å². The predicted molar refractivity (Wildman–Crippen MR) is 65.5 cm³/mol. The summed E-state index contributed by atoms with van der Waals surface area (Å²) in [7, 11) is 0. The van der Waals surface area contributed by atoms with Crippen molar-refractivity contribution in [2.45, 2.75) is 6.42 Å². The summed E-state index contributed by atoms with van der Waals surface area (Å²) < 4.78 is 0. The van der Waals surface area contributed by atoms with Gasteiger partial charge in [0.25, 0.3) is 0 Å². The van der Waals surface area contributed by atoms with Crippen molar-refractivity contribution in [2.75, 3.05) is 0 Å². The summed E-state index contributed by atoms with van der Waals surface area (Å²) in [5, 5.41) is 3.21. The molecule has 0 radical (unpaired) electrons. The van der Waals surface area contributed by atoms with Crippen LogP contribution in [-0.2, 0) is 4.79 Å². The number of hydrogen-bond acceptors (Lipinski definition) is 2. The van der Waals surface area contributed by atoms with Crippen LogP contribution >= 0.6 is 0 Å². The molecular formula is C14H13NO. The summed E-state index contributed by atoms with van der Waals surface area (Å²) in [6, 6.07) is 0. The van der Waals surface area contributed by atoms with E-state index in [1.165, 1.54) is 0 Å². The Bertz CT molecular complexity index is 459. The normalized spacial score (nSPS) is 20.6. The van der Waals surface area contributed by atoms with Gasteiger partial charge in [-0.3, -0.25) is 4.79 Å². The number of nitrogens with one attached hydrogen (secondary N) is 1. The fourth-order valence-electron chi connectivity index (χ4n) is 1.54. The maximum absolute atomic E-state index is 10.7. The van der Waals surface area contributed by atoms with E-state index in [-0.39, 0.29) is 0 Å². The second-order valence-corrected chi connectivity index (χ2v) is 3.55. The van der Waals surface area contributed by atoms with E-state index in [4.69, 9.17) is 0 Å². The molecule has 0 aliphatic heterocycles. The third-order valence-electron chi connectivity index (χ3n) is 2.42. The fourth-order valence-corrected chi connectivity index (χ4v) is 1.54. The molecule has 16 heavy (non-hydrogen) atoms. The molecule has 0 aromatic carbocycles. The zero-order chi connectivity index (χ0) is 11.2. The highest BCUT2D eigenvalue weighted by molar-refractivity contribution is 5.84. The van der Waals surface area contributed by atoms with Gasteiger partial charge in [-0.25, -0.2) is 0 Å². The van der Waals surface area contributed by atoms with Crippen LogP contribution in [0.5, 0.6) is 0 Å². The highest BCUT2D eigenvalue weighted by Gasteiger charge is 2.04. The molecule has 1 N–H and O–H groups in total. The molecular weight excluding hydrogens is 198 g/mol. The van der Waals surface area contributed by atoms with E-state index in [0.29, 0.717) is 5.57 Å². The Labute approximate surface area is 95.0 Å². The zero-order valence-corrected chi connectivity index (χ0v) is 8.89. The van der Waals surface area contributed by atoms with Gasteiger partial charge < -0.3 is 5.32 Å². The quantitative estimate of drug-likeness (QED) is 0.727. The summed E-state index contributed by atoms with van der Waals surface area (Å²) in [6.45, 7) is 0. The highest BCUT2D eigenvalue weighted by Crippen LogP contribution is 2.15. The first-order valence-electron chi connectivity index (χ1n) is 5.23. The molecule has 0 saturated heterocycles. The lowest BCUT2D eigenvalue weighted by Gasteiger charge is -2.04. The Morgan fingerprint density at radius 2 is 2.06 bits per heavy atom. The second kappa shape index (κ2) is 5.12. The average Bonchev–Trinajstić information content (AvgIpc) is 2.60. The van der Waals surface area contributed by atoms with Crippen molar-refractivity contribution in [3.05, 3.63) is 71.7 Å². The van der Waals surface area contributed by atoms with Crippen molar-refractivity contribution in [2.24, 2.45) is 0 Å². The molecule has 80 valence electrons. The van der Waals surface area contributed by atoms with Crippen molar-refractivity contribution in [1.82, 2.24) is 5.32 Å². The molecule has 0 heterocycles. The average molecular weight is 211 g/mol. The Hall–Kier alpha value is -2.09.